The van der Waals surface area contributed by atoms with Crippen LogP contribution in [0.1, 0.15) is 10.4 Å². The van der Waals surface area contributed by atoms with Crippen LogP contribution in [0.5, 0.6) is 5.75 Å². The Kier molecular flexibility index (Phi) is 5.28. The van der Waals surface area contributed by atoms with Crippen LogP contribution in [0.25, 0.3) is 0 Å². The number of sulfonamides is 2. The van der Waals surface area contributed by atoms with Crippen LogP contribution in [-0.2, 0) is 20.0 Å². The summed E-state index contributed by atoms with van der Waals surface area (Å²) in [6.07, 6.45) is 0. The van der Waals surface area contributed by atoms with Crippen molar-refractivity contribution >= 4 is 26.0 Å². The summed E-state index contributed by atoms with van der Waals surface area (Å²) in [5.74, 6) is -1.97. The summed E-state index contributed by atoms with van der Waals surface area (Å²) in [5.41, 5.74) is -0.143. The quantitative estimate of drug-likeness (QED) is 0.574. The molecule has 0 spiro atoms. The van der Waals surface area contributed by atoms with Crippen LogP contribution in [0.2, 0.25) is 0 Å². The SMILES string of the molecule is COc1cc(C(=O)O)ccc1S(=O)(=O)NCCS(N)(=O)=O. The Morgan fingerprint density at radius 2 is 1.95 bits per heavy atom. The first-order chi connectivity index (χ1) is 9.57. The van der Waals surface area contributed by atoms with E-state index in [2.05, 4.69) is 0 Å². The molecule has 118 valence electrons. The number of methoxy groups -OCH3 is 1. The Hall–Kier alpha value is -1.69. The van der Waals surface area contributed by atoms with E-state index in [1.165, 1.54) is 7.11 Å². The summed E-state index contributed by atoms with van der Waals surface area (Å²) in [4.78, 5) is 10.5. The molecular formula is C10H14N2O7S2. The standard InChI is InChI=1S/C10H14N2O7S2/c1-19-8-6-7(10(13)14)2-3-9(8)21(17,18)12-4-5-20(11,15)16/h2-3,6,12H,4-5H2,1H3,(H,13,14)(H2,11,15,16). The lowest BCUT2D eigenvalue weighted by atomic mass is 10.2. The van der Waals surface area contributed by atoms with Crippen LogP contribution >= 0.6 is 0 Å². The zero-order valence-corrected chi connectivity index (χ0v) is 12.6. The normalized spacial score (nSPS) is 12.1. The number of carboxylic acid groups (broad SMARTS) is 1. The van der Waals surface area contributed by atoms with Gasteiger partial charge in [0.25, 0.3) is 0 Å². The third kappa shape index (κ3) is 4.97. The van der Waals surface area contributed by atoms with Gasteiger partial charge in [-0.3, -0.25) is 0 Å². The van der Waals surface area contributed by atoms with Gasteiger partial charge in [-0.15, -0.1) is 0 Å². The number of nitrogens with one attached hydrogen (secondary N) is 1. The third-order valence-corrected chi connectivity index (χ3v) is 4.65. The van der Waals surface area contributed by atoms with Crippen LogP contribution in [0.3, 0.4) is 0 Å². The second-order valence-corrected chi connectivity index (χ2v) is 7.40. The Morgan fingerprint density at radius 1 is 1.33 bits per heavy atom. The molecule has 0 heterocycles. The van der Waals surface area contributed by atoms with Crippen molar-refractivity contribution in [1.82, 2.24) is 4.72 Å². The first-order valence-electron chi connectivity index (χ1n) is 5.48. The van der Waals surface area contributed by atoms with Gasteiger partial charge in [-0.05, 0) is 18.2 Å². The van der Waals surface area contributed by atoms with Crippen molar-refractivity contribution in [3.63, 3.8) is 0 Å². The fraction of sp³-hybridized carbons (Fsp3) is 0.300. The molecular weight excluding hydrogens is 324 g/mol. The predicted octanol–water partition coefficient (Wildman–Crippen LogP) is -1.04. The minimum absolute atomic E-state index is 0.143. The molecule has 0 aliphatic carbocycles. The lowest BCUT2D eigenvalue weighted by molar-refractivity contribution is 0.0696. The number of hydrogen-bond acceptors (Lipinski definition) is 6. The molecule has 11 heteroatoms. The predicted molar refractivity (Wildman–Crippen MR) is 73.1 cm³/mol. The van der Waals surface area contributed by atoms with Crippen molar-refractivity contribution in [2.24, 2.45) is 5.14 Å². The molecule has 0 fully saturated rings. The smallest absolute Gasteiger partial charge is 0.335 e. The summed E-state index contributed by atoms with van der Waals surface area (Å²) >= 11 is 0. The van der Waals surface area contributed by atoms with E-state index in [1.54, 1.807) is 0 Å². The van der Waals surface area contributed by atoms with Crippen LogP contribution in [0, 0.1) is 0 Å². The molecule has 0 unspecified atom stereocenters. The van der Waals surface area contributed by atoms with Crippen molar-refractivity contribution in [1.29, 1.82) is 0 Å². The summed E-state index contributed by atoms with van der Waals surface area (Å²) in [6, 6.07) is 3.21. The minimum Gasteiger partial charge on any atom is -0.495 e. The van der Waals surface area contributed by atoms with E-state index < -0.39 is 38.3 Å². The number of primary sulfonamides is 1. The molecule has 0 aliphatic rings. The summed E-state index contributed by atoms with van der Waals surface area (Å²) in [6.45, 7) is -0.412. The van der Waals surface area contributed by atoms with E-state index >= 15 is 0 Å². The molecule has 0 radical (unpaired) electrons. The highest BCUT2D eigenvalue weighted by Gasteiger charge is 2.21. The van der Waals surface area contributed by atoms with Crippen LogP contribution in [0.4, 0.5) is 0 Å². The average Bonchev–Trinajstić information content (AvgIpc) is 2.35. The van der Waals surface area contributed by atoms with E-state index in [0.29, 0.717) is 0 Å². The monoisotopic (exact) mass is 338 g/mol. The van der Waals surface area contributed by atoms with E-state index in [1.807, 2.05) is 4.72 Å². The highest BCUT2D eigenvalue weighted by atomic mass is 32.2. The third-order valence-electron chi connectivity index (χ3n) is 2.38. The van der Waals surface area contributed by atoms with Gasteiger partial charge in [0.2, 0.25) is 20.0 Å². The number of carbonyl (C=O) groups is 1. The van der Waals surface area contributed by atoms with Crippen molar-refractivity contribution in [2.45, 2.75) is 4.90 Å². The van der Waals surface area contributed by atoms with E-state index in [9.17, 15) is 21.6 Å². The minimum atomic E-state index is -4.06. The van der Waals surface area contributed by atoms with Gasteiger partial charge in [0, 0.05) is 6.54 Å². The molecule has 0 aliphatic heterocycles. The summed E-state index contributed by atoms with van der Waals surface area (Å²) in [7, 11) is -6.67. The van der Waals surface area contributed by atoms with Crippen LogP contribution in [0.15, 0.2) is 23.1 Å². The highest BCUT2D eigenvalue weighted by molar-refractivity contribution is 7.90. The second kappa shape index (κ2) is 6.39. The van der Waals surface area contributed by atoms with E-state index in [0.717, 1.165) is 18.2 Å². The molecule has 0 bridgehead atoms. The van der Waals surface area contributed by atoms with E-state index in [-0.39, 0.29) is 16.2 Å². The second-order valence-electron chi connectivity index (χ2n) is 3.94. The van der Waals surface area contributed by atoms with Crippen LogP contribution < -0.4 is 14.6 Å². The number of benzene rings is 1. The van der Waals surface area contributed by atoms with Crippen molar-refractivity contribution in [2.75, 3.05) is 19.4 Å². The van der Waals surface area contributed by atoms with Gasteiger partial charge in [0.1, 0.15) is 10.6 Å². The lowest BCUT2D eigenvalue weighted by Gasteiger charge is -2.11. The van der Waals surface area contributed by atoms with Gasteiger partial charge >= 0.3 is 5.97 Å². The number of hydrogen-bond donors (Lipinski definition) is 3. The fourth-order valence-corrected chi connectivity index (χ4v) is 3.12. The van der Waals surface area contributed by atoms with Gasteiger partial charge in [0.05, 0.1) is 18.4 Å². The molecule has 1 aromatic carbocycles. The summed E-state index contributed by atoms with van der Waals surface area (Å²) < 4.78 is 52.4. The Labute approximate surface area is 121 Å². The summed E-state index contributed by atoms with van der Waals surface area (Å²) in [5, 5.41) is 13.6. The number of aromatic carboxylic acids is 1. The van der Waals surface area contributed by atoms with Gasteiger partial charge in [-0.1, -0.05) is 0 Å². The fourth-order valence-electron chi connectivity index (χ4n) is 1.42. The van der Waals surface area contributed by atoms with Gasteiger partial charge in [-0.2, -0.15) is 0 Å². The van der Waals surface area contributed by atoms with Crippen molar-refractivity contribution < 1.29 is 31.5 Å². The zero-order valence-electron chi connectivity index (χ0n) is 10.9. The first-order valence-corrected chi connectivity index (χ1v) is 8.68. The van der Waals surface area contributed by atoms with Gasteiger partial charge in [-0.25, -0.2) is 31.5 Å². The molecule has 1 aromatic rings. The Morgan fingerprint density at radius 3 is 2.43 bits per heavy atom. The maximum atomic E-state index is 12.0. The maximum absolute atomic E-state index is 12.0. The number of nitrogens with two attached hydrogens (primary N) is 1. The molecule has 9 nitrogen and oxygen atoms in total. The molecule has 0 saturated carbocycles. The highest BCUT2D eigenvalue weighted by Crippen LogP contribution is 2.24. The lowest BCUT2D eigenvalue weighted by Crippen LogP contribution is -2.31. The molecule has 1 rings (SSSR count). The number of carboxylic acids is 1. The first kappa shape index (κ1) is 17.4. The topological polar surface area (TPSA) is 153 Å². The molecule has 21 heavy (non-hydrogen) atoms. The molecule has 0 saturated heterocycles. The van der Waals surface area contributed by atoms with E-state index in [4.69, 9.17) is 15.0 Å². The molecule has 0 atom stereocenters. The Bertz CT molecular complexity index is 741. The van der Waals surface area contributed by atoms with Crippen molar-refractivity contribution in [3.8, 4) is 5.75 Å². The average molecular weight is 338 g/mol. The molecule has 0 aromatic heterocycles. The van der Waals surface area contributed by atoms with Gasteiger partial charge < -0.3 is 9.84 Å². The largest absolute Gasteiger partial charge is 0.495 e. The maximum Gasteiger partial charge on any atom is 0.335 e. The molecule has 0 amide bonds. The number of rotatable bonds is 7. The number of ether oxygens (including phenoxy) is 1. The zero-order chi connectivity index (χ0) is 16.3. The molecule has 4 N–H and O–H groups in total. The van der Waals surface area contributed by atoms with Crippen LogP contribution in [-0.4, -0.2) is 47.3 Å². The van der Waals surface area contributed by atoms with Gasteiger partial charge in [0.15, 0.2) is 0 Å². The van der Waals surface area contributed by atoms with Crippen molar-refractivity contribution in [3.05, 3.63) is 23.8 Å². The Balaban J connectivity index is 3.05.